The molecule has 3 heterocycles. The molecular formula is C27H27Cl2N7O. The van der Waals surface area contributed by atoms with Crippen molar-refractivity contribution in [2.45, 2.75) is 51.0 Å². The summed E-state index contributed by atoms with van der Waals surface area (Å²) in [5.74, 6) is 0.416. The van der Waals surface area contributed by atoms with Gasteiger partial charge in [0.05, 0.1) is 11.7 Å². The third-order valence-corrected chi connectivity index (χ3v) is 7.04. The summed E-state index contributed by atoms with van der Waals surface area (Å²) >= 11 is 12.8. The minimum atomic E-state index is -0.297. The van der Waals surface area contributed by atoms with Gasteiger partial charge in [-0.15, -0.1) is 5.10 Å². The zero-order valence-corrected chi connectivity index (χ0v) is 21.7. The van der Waals surface area contributed by atoms with Crippen molar-refractivity contribution in [3.8, 4) is 16.9 Å². The normalized spacial score (nSPS) is 16.4. The number of hydrogen-bond donors (Lipinski definition) is 2. The first kappa shape index (κ1) is 25.2. The van der Waals surface area contributed by atoms with Gasteiger partial charge < -0.3 is 10.3 Å². The highest BCUT2D eigenvalue weighted by Crippen LogP contribution is 2.32. The maximum absolute atomic E-state index is 13.0. The van der Waals surface area contributed by atoms with Crippen LogP contribution < -0.4 is 5.32 Å². The Balaban J connectivity index is 1.40. The summed E-state index contributed by atoms with van der Waals surface area (Å²) in [7, 11) is 0. The first-order valence-corrected chi connectivity index (χ1v) is 13.2. The molecule has 2 bridgehead atoms. The average molecular weight is 536 g/mol. The predicted molar refractivity (Wildman–Crippen MR) is 145 cm³/mol. The van der Waals surface area contributed by atoms with E-state index in [0.717, 1.165) is 43.4 Å². The number of nitrogens with zero attached hydrogens (tertiary/aromatic N) is 5. The van der Waals surface area contributed by atoms with E-state index < -0.39 is 0 Å². The summed E-state index contributed by atoms with van der Waals surface area (Å²) in [6.45, 7) is 0. The third-order valence-electron chi connectivity index (χ3n) is 6.54. The fraction of sp³-hybridized carbons (Fsp3) is 0.296. The number of amides is 1. The van der Waals surface area contributed by atoms with Gasteiger partial charge in [-0.05, 0) is 59.5 Å². The summed E-state index contributed by atoms with van der Waals surface area (Å²) in [6, 6.07) is 13.3. The summed E-state index contributed by atoms with van der Waals surface area (Å²) in [5, 5.41) is 15.5. The van der Waals surface area contributed by atoms with Crippen LogP contribution in [0.1, 0.15) is 61.5 Å². The molecule has 4 aromatic rings. The number of halogens is 2. The van der Waals surface area contributed by atoms with Crippen molar-refractivity contribution < 1.29 is 4.79 Å². The number of benzene rings is 2. The molecular weight excluding hydrogens is 509 g/mol. The number of rotatable bonds is 4. The van der Waals surface area contributed by atoms with Crippen molar-refractivity contribution in [2.75, 3.05) is 0 Å². The minimum Gasteiger partial charge on any atom is -0.343 e. The Labute approximate surface area is 225 Å². The van der Waals surface area contributed by atoms with Crippen molar-refractivity contribution >= 4 is 35.2 Å². The maximum atomic E-state index is 13.0. The molecule has 0 saturated heterocycles. The molecule has 2 aromatic carbocycles. The van der Waals surface area contributed by atoms with E-state index in [1.165, 1.54) is 35.5 Å². The highest BCUT2D eigenvalue weighted by atomic mass is 35.5. The molecule has 1 aliphatic heterocycles. The van der Waals surface area contributed by atoms with Crippen LogP contribution in [0.15, 0.2) is 54.9 Å². The second-order valence-electron chi connectivity index (χ2n) is 9.10. The van der Waals surface area contributed by atoms with Gasteiger partial charge in [-0.3, -0.25) is 4.79 Å². The van der Waals surface area contributed by atoms with E-state index in [9.17, 15) is 4.79 Å². The number of aromatic nitrogens is 6. The van der Waals surface area contributed by atoms with Gasteiger partial charge in [0, 0.05) is 22.2 Å². The molecule has 0 saturated carbocycles. The molecule has 0 aliphatic carbocycles. The summed E-state index contributed by atoms with van der Waals surface area (Å²) in [5.41, 5.74) is 4.43. The number of fused-ring (bicyclic) bond motifs is 4. The highest BCUT2D eigenvalue weighted by molar-refractivity contribution is 6.32. The monoisotopic (exact) mass is 535 g/mol. The lowest BCUT2D eigenvalue weighted by molar-refractivity contribution is -0.117. The van der Waals surface area contributed by atoms with Gasteiger partial charge >= 0.3 is 0 Å². The molecule has 5 rings (SSSR count). The van der Waals surface area contributed by atoms with Crippen LogP contribution in [0.25, 0.3) is 23.0 Å². The molecule has 1 aliphatic rings. The van der Waals surface area contributed by atoms with Gasteiger partial charge in [0.25, 0.3) is 0 Å². The highest BCUT2D eigenvalue weighted by Gasteiger charge is 2.21. The lowest BCUT2D eigenvalue weighted by atomic mass is 9.99. The number of aryl methyl sites for hydroxylation is 1. The van der Waals surface area contributed by atoms with Crippen molar-refractivity contribution in [1.82, 2.24) is 35.5 Å². The smallest absolute Gasteiger partial charge is 0.244 e. The molecule has 37 heavy (non-hydrogen) atoms. The topological polar surface area (TPSA) is 101 Å². The Morgan fingerprint density at radius 1 is 1.08 bits per heavy atom. The fourth-order valence-electron chi connectivity index (χ4n) is 4.68. The van der Waals surface area contributed by atoms with Gasteiger partial charge in [-0.25, -0.2) is 4.98 Å². The molecule has 1 atom stereocenters. The van der Waals surface area contributed by atoms with Gasteiger partial charge in [0.15, 0.2) is 0 Å². The number of imidazole rings is 1. The zero-order valence-electron chi connectivity index (χ0n) is 20.2. The Kier molecular flexibility index (Phi) is 7.96. The number of aromatic amines is 1. The Morgan fingerprint density at radius 3 is 2.78 bits per heavy atom. The number of hydrogen-bond acceptors (Lipinski definition) is 5. The van der Waals surface area contributed by atoms with Crippen LogP contribution in [-0.2, 0) is 11.2 Å². The SMILES string of the molecule is O=C(C=Cc1cc(Cl)ccc1-n1cnnn1)NC1CCCCCCCc2ccccc2-c2nc1[nH]c2Cl. The zero-order chi connectivity index (χ0) is 25.6. The number of carbonyl (C=O) groups is 1. The van der Waals surface area contributed by atoms with E-state index in [1.54, 1.807) is 24.3 Å². The number of carbonyl (C=O) groups excluding carboxylic acids is 1. The largest absolute Gasteiger partial charge is 0.343 e. The van der Waals surface area contributed by atoms with E-state index in [2.05, 4.69) is 44.0 Å². The lowest BCUT2D eigenvalue weighted by Gasteiger charge is -2.16. The summed E-state index contributed by atoms with van der Waals surface area (Å²) < 4.78 is 1.52. The van der Waals surface area contributed by atoms with Crippen molar-refractivity contribution in [3.05, 3.63) is 82.0 Å². The molecule has 0 spiro atoms. The maximum Gasteiger partial charge on any atom is 0.244 e. The minimum absolute atomic E-state index is 0.244. The molecule has 2 N–H and O–H groups in total. The average Bonchev–Trinajstić information content (AvgIpc) is 3.56. The Morgan fingerprint density at radius 2 is 1.92 bits per heavy atom. The molecule has 0 radical (unpaired) electrons. The van der Waals surface area contributed by atoms with Crippen LogP contribution >= 0.6 is 23.2 Å². The van der Waals surface area contributed by atoms with Crippen LogP contribution in [0.2, 0.25) is 10.2 Å². The molecule has 190 valence electrons. The Bertz CT molecular complexity index is 1400. The van der Waals surface area contributed by atoms with Crippen LogP contribution in [0.5, 0.6) is 0 Å². The van der Waals surface area contributed by atoms with Gasteiger partial charge in [0.2, 0.25) is 5.91 Å². The molecule has 0 fully saturated rings. The Hall–Kier alpha value is -3.49. The summed E-state index contributed by atoms with van der Waals surface area (Å²) in [6.07, 6.45) is 12.0. The number of nitrogens with one attached hydrogen (secondary N) is 2. The molecule has 2 aromatic heterocycles. The van der Waals surface area contributed by atoms with Crippen molar-refractivity contribution in [1.29, 1.82) is 0 Å². The first-order valence-electron chi connectivity index (χ1n) is 12.4. The fourth-order valence-corrected chi connectivity index (χ4v) is 5.10. The van der Waals surface area contributed by atoms with E-state index in [0.29, 0.717) is 27.3 Å². The van der Waals surface area contributed by atoms with E-state index in [-0.39, 0.29) is 11.9 Å². The van der Waals surface area contributed by atoms with Crippen LogP contribution in [0.3, 0.4) is 0 Å². The number of H-pyrrole nitrogens is 1. The van der Waals surface area contributed by atoms with Crippen LogP contribution in [0, 0.1) is 0 Å². The van der Waals surface area contributed by atoms with E-state index in [1.807, 2.05) is 6.07 Å². The molecule has 1 unspecified atom stereocenters. The summed E-state index contributed by atoms with van der Waals surface area (Å²) in [4.78, 5) is 21.1. The standard InChI is InChI=1S/C27H27Cl2N7O/c28-20-13-14-23(36-17-30-34-35-36)19(16-20)12-15-24(37)31-22-11-5-3-1-2-4-8-18-9-6-7-10-21(18)25-26(29)33-27(22)32-25/h6-7,9-10,12-17,22H,1-5,8,11H2,(H,31,37)(H,32,33). The van der Waals surface area contributed by atoms with E-state index >= 15 is 0 Å². The molecule has 10 heteroatoms. The van der Waals surface area contributed by atoms with Crippen molar-refractivity contribution in [3.63, 3.8) is 0 Å². The van der Waals surface area contributed by atoms with Crippen LogP contribution in [-0.4, -0.2) is 36.1 Å². The van der Waals surface area contributed by atoms with Gasteiger partial charge in [-0.2, -0.15) is 4.68 Å². The molecule has 1 amide bonds. The first-order chi connectivity index (χ1) is 18.1. The van der Waals surface area contributed by atoms with Crippen molar-refractivity contribution in [2.24, 2.45) is 0 Å². The second-order valence-corrected chi connectivity index (χ2v) is 9.91. The van der Waals surface area contributed by atoms with Crippen LogP contribution in [0.4, 0.5) is 0 Å². The second kappa shape index (κ2) is 11.7. The van der Waals surface area contributed by atoms with E-state index in [4.69, 9.17) is 28.2 Å². The quantitative estimate of drug-likeness (QED) is 0.306. The van der Waals surface area contributed by atoms with Gasteiger partial charge in [-0.1, -0.05) is 73.2 Å². The molecule has 8 nitrogen and oxygen atoms in total. The predicted octanol–water partition coefficient (Wildman–Crippen LogP) is 6.13. The third kappa shape index (κ3) is 6.09. The lowest BCUT2D eigenvalue weighted by Crippen LogP contribution is -2.27. The van der Waals surface area contributed by atoms with Gasteiger partial charge in [0.1, 0.15) is 23.0 Å². The number of tetrazole rings is 1.